The van der Waals surface area contributed by atoms with E-state index >= 15 is 0 Å². The van der Waals surface area contributed by atoms with Crippen LogP contribution in [0.4, 0.5) is 0 Å². The molecule has 0 aromatic carbocycles. The standard InChI is InChI=1S/C8H14/c1-6-7-4-3-5-8(6,7)2/h6-7H,3-5H2,1-2H3/t6-,7?,8-/m0/s1. The molecule has 0 radical (unpaired) electrons. The van der Waals surface area contributed by atoms with Gasteiger partial charge in [-0.3, -0.25) is 0 Å². The maximum atomic E-state index is 2.45. The molecule has 2 aliphatic carbocycles. The molecule has 2 aliphatic rings. The Hall–Kier alpha value is 0. The summed E-state index contributed by atoms with van der Waals surface area (Å²) < 4.78 is 0. The molecule has 8 heavy (non-hydrogen) atoms. The molecule has 0 aliphatic heterocycles. The van der Waals surface area contributed by atoms with Gasteiger partial charge in [-0.15, -0.1) is 0 Å². The molecule has 0 heterocycles. The van der Waals surface area contributed by atoms with Crippen LogP contribution >= 0.6 is 0 Å². The molecule has 0 nitrogen and oxygen atoms in total. The highest BCUT2D eigenvalue weighted by Gasteiger charge is 2.59. The maximum absolute atomic E-state index is 2.45. The highest BCUT2D eigenvalue weighted by molar-refractivity contribution is 5.08. The second-order valence-electron chi connectivity index (χ2n) is 3.79. The Balaban J connectivity index is 2.18. The van der Waals surface area contributed by atoms with Crippen LogP contribution in [0.3, 0.4) is 0 Å². The number of hydrogen-bond donors (Lipinski definition) is 0. The first-order valence-corrected chi connectivity index (χ1v) is 3.75. The van der Waals surface area contributed by atoms with Crippen LogP contribution in [0.5, 0.6) is 0 Å². The lowest BCUT2D eigenvalue weighted by atomic mass is 10.0. The van der Waals surface area contributed by atoms with E-state index in [0.717, 1.165) is 17.3 Å². The SMILES string of the molecule is C[C@H]1C2CCC[C@]21C. The Morgan fingerprint density at radius 2 is 2.25 bits per heavy atom. The van der Waals surface area contributed by atoms with Crippen LogP contribution in [0.1, 0.15) is 33.1 Å². The summed E-state index contributed by atoms with van der Waals surface area (Å²) in [6.07, 6.45) is 4.54. The van der Waals surface area contributed by atoms with E-state index in [1.165, 1.54) is 19.3 Å². The van der Waals surface area contributed by atoms with Crippen LogP contribution in [-0.4, -0.2) is 0 Å². The van der Waals surface area contributed by atoms with Crippen LogP contribution in [0.15, 0.2) is 0 Å². The topological polar surface area (TPSA) is 0 Å². The van der Waals surface area contributed by atoms with E-state index in [1.807, 2.05) is 0 Å². The van der Waals surface area contributed by atoms with E-state index in [9.17, 15) is 0 Å². The number of fused-ring (bicyclic) bond motifs is 1. The summed E-state index contributed by atoms with van der Waals surface area (Å²) in [5.41, 5.74) is 0.819. The number of rotatable bonds is 0. The Labute approximate surface area is 51.3 Å². The van der Waals surface area contributed by atoms with E-state index in [2.05, 4.69) is 13.8 Å². The van der Waals surface area contributed by atoms with Crippen molar-refractivity contribution in [1.82, 2.24) is 0 Å². The van der Waals surface area contributed by atoms with Crippen LogP contribution < -0.4 is 0 Å². The summed E-state index contributed by atoms with van der Waals surface area (Å²) in [4.78, 5) is 0. The monoisotopic (exact) mass is 110 g/mol. The minimum atomic E-state index is 0.819. The Kier molecular flexibility index (Phi) is 0.678. The Morgan fingerprint density at radius 1 is 1.50 bits per heavy atom. The predicted molar refractivity (Wildman–Crippen MR) is 34.6 cm³/mol. The third kappa shape index (κ3) is 0.340. The molecule has 0 saturated heterocycles. The Bertz CT molecular complexity index is 117. The first-order chi connectivity index (χ1) is 3.75. The van der Waals surface area contributed by atoms with Gasteiger partial charge in [0.2, 0.25) is 0 Å². The summed E-state index contributed by atoms with van der Waals surface area (Å²) in [6.45, 7) is 4.86. The lowest BCUT2D eigenvalue weighted by Crippen LogP contribution is -1.91. The van der Waals surface area contributed by atoms with E-state index in [1.54, 1.807) is 0 Å². The lowest BCUT2D eigenvalue weighted by molar-refractivity contribution is 0.494. The van der Waals surface area contributed by atoms with Gasteiger partial charge in [0.25, 0.3) is 0 Å². The van der Waals surface area contributed by atoms with Gasteiger partial charge in [-0.1, -0.05) is 20.3 Å². The molecule has 46 valence electrons. The summed E-state index contributed by atoms with van der Waals surface area (Å²) in [6, 6.07) is 0. The summed E-state index contributed by atoms with van der Waals surface area (Å²) in [5, 5.41) is 0. The summed E-state index contributed by atoms with van der Waals surface area (Å²) >= 11 is 0. The van der Waals surface area contributed by atoms with Gasteiger partial charge in [-0.05, 0) is 30.1 Å². The van der Waals surface area contributed by atoms with E-state index in [4.69, 9.17) is 0 Å². The third-order valence-electron chi connectivity index (χ3n) is 3.61. The van der Waals surface area contributed by atoms with Gasteiger partial charge in [-0.25, -0.2) is 0 Å². The van der Waals surface area contributed by atoms with Gasteiger partial charge < -0.3 is 0 Å². The van der Waals surface area contributed by atoms with E-state index < -0.39 is 0 Å². The van der Waals surface area contributed by atoms with Crippen LogP contribution in [0, 0.1) is 17.3 Å². The van der Waals surface area contributed by atoms with Gasteiger partial charge >= 0.3 is 0 Å². The van der Waals surface area contributed by atoms with Crippen molar-refractivity contribution in [1.29, 1.82) is 0 Å². The van der Waals surface area contributed by atoms with Crippen LogP contribution in [0.25, 0.3) is 0 Å². The third-order valence-corrected chi connectivity index (χ3v) is 3.61. The van der Waals surface area contributed by atoms with Gasteiger partial charge in [0.05, 0.1) is 0 Å². The molecule has 2 saturated carbocycles. The molecule has 0 amide bonds. The zero-order chi connectivity index (χ0) is 5.78. The minimum Gasteiger partial charge on any atom is -0.0617 e. The second kappa shape index (κ2) is 1.12. The molecule has 0 spiro atoms. The average Bonchev–Trinajstić information content (AvgIpc) is 2.23. The molecule has 0 bridgehead atoms. The fraction of sp³-hybridized carbons (Fsp3) is 1.00. The molecule has 2 fully saturated rings. The van der Waals surface area contributed by atoms with Gasteiger partial charge in [0.15, 0.2) is 0 Å². The molecule has 1 unspecified atom stereocenters. The molecule has 0 aromatic heterocycles. The average molecular weight is 110 g/mol. The first kappa shape index (κ1) is 4.84. The van der Waals surface area contributed by atoms with Crippen molar-refractivity contribution in [3.8, 4) is 0 Å². The lowest BCUT2D eigenvalue weighted by Gasteiger charge is -2.01. The molecule has 3 atom stereocenters. The highest BCUT2D eigenvalue weighted by atomic mass is 14.6. The molecular weight excluding hydrogens is 96.1 g/mol. The zero-order valence-electron chi connectivity index (χ0n) is 5.78. The Morgan fingerprint density at radius 3 is 2.50 bits per heavy atom. The quantitative estimate of drug-likeness (QED) is 0.449. The molecule has 2 rings (SSSR count). The first-order valence-electron chi connectivity index (χ1n) is 3.75. The second-order valence-corrected chi connectivity index (χ2v) is 3.79. The normalized spacial score (nSPS) is 60.8. The fourth-order valence-corrected chi connectivity index (χ4v) is 2.61. The van der Waals surface area contributed by atoms with Crippen molar-refractivity contribution >= 4 is 0 Å². The zero-order valence-corrected chi connectivity index (χ0v) is 5.78. The van der Waals surface area contributed by atoms with Crippen LogP contribution in [-0.2, 0) is 0 Å². The smallest absolute Gasteiger partial charge is 0.0266 e. The molecular formula is C8H14. The largest absolute Gasteiger partial charge is 0.0617 e. The molecule has 0 aromatic rings. The number of hydrogen-bond acceptors (Lipinski definition) is 0. The highest BCUT2D eigenvalue weighted by Crippen LogP contribution is 2.67. The van der Waals surface area contributed by atoms with Crippen LogP contribution in [0.2, 0.25) is 0 Å². The maximum Gasteiger partial charge on any atom is -0.0266 e. The van der Waals surface area contributed by atoms with Gasteiger partial charge in [0.1, 0.15) is 0 Å². The fourth-order valence-electron chi connectivity index (χ4n) is 2.61. The predicted octanol–water partition coefficient (Wildman–Crippen LogP) is 2.44. The van der Waals surface area contributed by atoms with Crippen molar-refractivity contribution in [2.45, 2.75) is 33.1 Å². The summed E-state index contributed by atoms with van der Waals surface area (Å²) in [7, 11) is 0. The minimum absolute atomic E-state index is 0.819. The van der Waals surface area contributed by atoms with E-state index in [-0.39, 0.29) is 0 Å². The summed E-state index contributed by atoms with van der Waals surface area (Å²) in [5.74, 6) is 2.19. The van der Waals surface area contributed by atoms with Crippen molar-refractivity contribution in [3.05, 3.63) is 0 Å². The molecule has 0 N–H and O–H groups in total. The van der Waals surface area contributed by atoms with Crippen molar-refractivity contribution < 1.29 is 0 Å². The van der Waals surface area contributed by atoms with Crippen molar-refractivity contribution in [2.75, 3.05) is 0 Å². The van der Waals surface area contributed by atoms with Gasteiger partial charge in [-0.2, -0.15) is 0 Å². The van der Waals surface area contributed by atoms with Gasteiger partial charge in [0, 0.05) is 0 Å². The molecule has 0 heteroatoms. The van der Waals surface area contributed by atoms with Crippen molar-refractivity contribution in [2.24, 2.45) is 17.3 Å². The van der Waals surface area contributed by atoms with Crippen molar-refractivity contribution in [3.63, 3.8) is 0 Å². The van der Waals surface area contributed by atoms with E-state index in [0.29, 0.717) is 0 Å².